The van der Waals surface area contributed by atoms with Gasteiger partial charge in [-0.25, -0.2) is 0 Å². The molecule has 12 heavy (non-hydrogen) atoms. The van der Waals surface area contributed by atoms with Crippen LogP contribution in [0.3, 0.4) is 0 Å². The zero-order valence-electron chi connectivity index (χ0n) is 6.80. The molecular formula is C9H10INO. The van der Waals surface area contributed by atoms with Crippen molar-refractivity contribution >= 4 is 34.2 Å². The number of hydrogen-bond donors (Lipinski definition) is 1. The van der Waals surface area contributed by atoms with Crippen molar-refractivity contribution in [3.05, 3.63) is 29.8 Å². The monoisotopic (exact) mass is 275 g/mol. The fourth-order valence-electron chi connectivity index (χ4n) is 0.917. The number of amides is 1. The molecule has 64 valence electrons. The molecule has 1 rings (SSSR count). The first-order valence-corrected chi connectivity index (χ1v) is 5.17. The van der Waals surface area contributed by atoms with E-state index in [1.165, 1.54) is 0 Å². The Morgan fingerprint density at radius 1 is 1.58 bits per heavy atom. The highest BCUT2D eigenvalue weighted by molar-refractivity contribution is 14.1. The molecule has 0 saturated heterocycles. The maximum absolute atomic E-state index is 11.0. The van der Waals surface area contributed by atoms with Crippen molar-refractivity contribution in [1.82, 2.24) is 0 Å². The van der Waals surface area contributed by atoms with Gasteiger partial charge in [0.05, 0.1) is 4.43 Å². The predicted octanol–water partition coefficient (Wildman–Crippen LogP) is 2.37. The number of carbonyl (C=O) groups excluding carboxylic acids is 1. The fourth-order valence-corrected chi connectivity index (χ4v) is 1.11. The van der Waals surface area contributed by atoms with Crippen molar-refractivity contribution in [2.45, 2.75) is 6.92 Å². The van der Waals surface area contributed by atoms with E-state index in [0.717, 1.165) is 11.3 Å². The summed E-state index contributed by atoms with van der Waals surface area (Å²) in [6, 6.07) is 7.76. The lowest BCUT2D eigenvalue weighted by Gasteiger charge is -2.02. The first kappa shape index (κ1) is 9.51. The second kappa shape index (κ2) is 4.45. The van der Waals surface area contributed by atoms with E-state index in [9.17, 15) is 4.79 Å². The molecule has 0 aliphatic carbocycles. The summed E-state index contributed by atoms with van der Waals surface area (Å²) in [5.74, 6) is 0.0428. The fraction of sp³-hybridized carbons (Fsp3) is 0.222. The summed E-state index contributed by atoms with van der Waals surface area (Å²) in [6.45, 7) is 2.00. The number of anilines is 1. The van der Waals surface area contributed by atoms with E-state index in [4.69, 9.17) is 0 Å². The Bertz CT molecular complexity index is 286. The molecule has 0 unspecified atom stereocenters. The SMILES string of the molecule is Cc1cccc(NC(=O)CI)c1. The number of rotatable bonds is 2. The molecule has 1 aromatic rings. The van der Waals surface area contributed by atoms with Crippen LogP contribution in [0.15, 0.2) is 24.3 Å². The van der Waals surface area contributed by atoms with Crippen LogP contribution in [0.2, 0.25) is 0 Å². The van der Waals surface area contributed by atoms with Gasteiger partial charge in [-0.05, 0) is 24.6 Å². The molecule has 0 heterocycles. The molecule has 0 fully saturated rings. The number of alkyl halides is 1. The molecule has 1 amide bonds. The van der Waals surface area contributed by atoms with Crippen LogP contribution in [0.25, 0.3) is 0 Å². The standard InChI is InChI=1S/C9H10INO/c1-7-3-2-4-8(5-7)11-9(12)6-10/h2-5H,6H2,1H3,(H,11,12). The lowest BCUT2D eigenvalue weighted by molar-refractivity contribution is -0.113. The summed E-state index contributed by atoms with van der Waals surface area (Å²) < 4.78 is 0.492. The Balaban J connectivity index is 2.69. The normalized spacial score (nSPS) is 9.50. The van der Waals surface area contributed by atoms with Crippen molar-refractivity contribution in [2.24, 2.45) is 0 Å². The maximum Gasteiger partial charge on any atom is 0.234 e. The Labute approximate surface area is 85.5 Å². The van der Waals surface area contributed by atoms with Crippen LogP contribution in [0.4, 0.5) is 5.69 Å². The predicted molar refractivity (Wildman–Crippen MR) is 58.7 cm³/mol. The number of hydrogen-bond acceptors (Lipinski definition) is 1. The molecule has 0 aliphatic rings. The van der Waals surface area contributed by atoms with Crippen molar-refractivity contribution < 1.29 is 4.79 Å². The van der Waals surface area contributed by atoms with E-state index < -0.39 is 0 Å². The van der Waals surface area contributed by atoms with Gasteiger partial charge < -0.3 is 5.32 Å². The van der Waals surface area contributed by atoms with Gasteiger partial charge in [0.15, 0.2) is 0 Å². The lowest BCUT2D eigenvalue weighted by atomic mass is 10.2. The Hall–Kier alpha value is -0.580. The van der Waals surface area contributed by atoms with Crippen molar-refractivity contribution in [3.63, 3.8) is 0 Å². The van der Waals surface area contributed by atoms with E-state index >= 15 is 0 Å². The summed E-state index contributed by atoms with van der Waals surface area (Å²) in [4.78, 5) is 11.0. The molecule has 0 atom stereocenters. The molecule has 0 spiro atoms. The first-order valence-electron chi connectivity index (χ1n) is 3.65. The lowest BCUT2D eigenvalue weighted by Crippen LogP contribution is -2.11. The summed E-state index contributed by atoms with van der Waals surface area (Å²) in [6.07, 6.45) is 0. The van der Waals surface area contributed by atoms with Crippen LogP contribution in [0.5, 0.6) is 0 Å². The number of benzene rings is 1. The number of nitrogens with one attached hydrogen (secondary N) is 1. The second-order valence-electron chi connectivity index (χ2n) is 2.55. The summed E-state index contributed by atoms with van der Waals surface area (Å²) in [7, 11) is 0. The highest BCUT2D eigenvalue weighted by Gasteiger charge is 1.97. The molecule has 1 aromatic carbocycles. The smallest absolute Gasteiger partial charge is 0.234 e. The van der Waals surface area contributed by atoms with Crippen molar-refractivity contribution in [3.8, 4) is 0 Å². The van der Waals surface area contributed by atoms with Gasteiger partial charge in [0.2, 0.25) is 5.91 Å². The molecule has 0 saturated carbocycles. The Morgan fingerprint density at radius 2 is 2.33 bits per heavy atom. The first-order chi connectivity index (χ1) is 5.72. The molecule has 0 bridgehead atoms. The van der Waals surface area contributed by atoms with Crippen LogP contribution in [0, 0.1) is 6.92 Å². The van der Waals surface area contributed by atoms with E-state index in [1.54, 1.807) is 0 Å². The Kier molecular flexibility index (Phi) is 3.52. The molecule has 0 aliphatic heterocycles. The zero-order chi connectivity index (χ0) is 8.97. The average Bonchev–Trinajstić information content (AvgIpc) is 2.04. The third-order valence-electron chi connectivity index (χ3n) is 1.42. The topological polar surface area (TPSA) is 29.1 Å². The van der Waals surface area contributed by atoms with Gasteiger partial charge in [-0.3, -0.25) is 4.79 Å². The van der Waals surface area contributed by atoms with Gasteiger partial charge in [-0.1, -0.05) is 34.7 Å². The van der Waals surface area contributed by atoms with Crippen LogP contribution < -0.4 is 5.32 Å². The van der Waals surface area contributed by atoms with Gasteiger partial charge in [-0.2, -0.15) is 0 Å². The minimum atomic E-state index is 0.0428. The average molecular weight is 275 g/mol. The van der Waals surface area contributed by atoms with Gasteiger partial charge >= 0.3 is 0 Å². The molecule has 1 N–H and O–H groups in total. The number of carbonyl (C=O) groups is 1. The molecular weight excluding hydrogens is 265 g/mol. The van der Waals surface area contributed by atoms with Crippen LogP contribution in [0.1, 0.15) is 5.56 Å². The highest BCUT2D eigenvalue weighted by Crippen LogP contribution is 2.09. The van der Waals surface area contributed by atoms with Crippen molar-refractivity contribution in [1.29, 1.82) is 0 Å². The van der Waals surface area contributed by atoms with Crippen molar-refractivity contribution in [2.75, 3.05) is 9.74 Å². The summed E-state index contributed by atoms with van der Waals surface area (Å²) in [5, 5.41) is 2.79. The largest absolute Gasteiger partial charge is 0.325 e. The van der Waals surface area contributed by atoms with E-state index in [-0.39, 0.29) is 5.91 Å². The van der Waals surface area contributed by atoms with Gasteiger partial charge in [0.1, 0.15) is 0 Å². The number of halogens is 1. The van der Waals surface area contributed by atoms with Gasteiger partial charge in [-0.15, -0.1) is 0 Å². The van der Waals surface area contributed by atoms with Crippen LogP contribution in [-0.4, -0.2) is 10.3 Å². The summed E-state index contributed by atoms with van der Waals surface area (Å²) >= 11 is 2.04. The van der Waals surface area contributed by atoms with E-state index in [0.29, 0.717) is 4.43 Å². The quantitative estimate of drug-likeness (QED) is 0.651. The van der Waals surface area contributed by atoms with E-state index in [2.05, 4.69) is 5.32 Å². The number of aryl methyl sites for hydroxylation is 1. The maximum atomic E-state index is 11.0. The second-order valence-corrected chi connectivity index (χ2v) is 3.31. The molecule has 2 nitrogen and oxygen atoms in total. The van der Waals surface area contributed by atoms with Crippen LogP contribution >= 0.6 is 22.6 Å². The summed E-state index contributed by atoms with van der Waals surface area (Å²) in [5.41, 5.74) is 2.03. The minimum absolute atomic E-state index is 0.0428. The highest BCUT2D eigenvalue weighted by atomic mass is 127. The van der Waals surface area contributed by atoms with Gasteiger partial charge in [0, 0.05) is 5.69 Å². The molecule has 0 aromatic heterocycles. The Morgan fingerprint density at radius 3 is 2.92 bits per heavy atom. The molecule has 0 radical (unpaired) electrons. The third kappa shape index (κ3) is 2.81. The van der Waals surface area contributed by atoms with Crippen LogP contribution in [-0.2, 0) is 4.79 Å². The van der Waals surface area contributed by atoms with E-state index in [1.807, 2.05) is 53.8 Å². The molecule has 3 heteroatoms. The van der Waals surface area contributed by atoms with Gasteiger partial charge in [0.25, 0.3) is 0 Å². The zero-order valence-corrected chi connectivity index (χ0v) is 8.96. The minimum Gasteiger partial charge on any atom is -0.325 e. The third-order valence-corrected chi connectivity index (χ3v) is 2.12.